The van der Waals surface area contributed by atoms with E-state index in [1.165, 1.54) is 18.2 Å². The van der Waals surface area contributed by atoms with E-state index in [0.717, 1.165) is 6.07 Å². The fraction of sp³-hybridized carbons (Fsp3) is 0.211. The van der Waals surface area contributed by atoms with Crippen LogP contribution < -0.4 is 15.6 Å². The van der Waals surface area contributed by atoms with E-state index in [2.05, 4.69) is 20.0 Å². The van der Waals surface area contributed by atoms with Crippen LogP contribution in [0.3, 0.4) is 0 Å². The first-order valence-electron chi connectivity index (χ1n) is 8.44. The van der Waals surface area contributed by atoms with Crippen LogP contribution in [0.25, 0.3) is 10.9 Å². The number of nitrogens with one attached hydrogen (secondary N) is 2. The summed E-state index contributed by atoms with van der Waals surface area (Å²) in [5.74, 6) is -0.512. The number of anilines is 1. The predicted molar refractivity (Wildman–Crippen MR) is 97.1 cm³/mol. The summed E-state index contributed by atoms with van der Waals surface area (Å²) in [6.07, 6.45) is -4.12. The standard InChI is InChI=1S/C19H16F3N3O3/c20-19(21,22)28-15-9-4-3-8-14(15)24-17(26)11-5-10-16-23-13-7-2-1-6-12(13)18(27)25-16/h1-4,6-9H,5,10-11H2,(H,24,26)(H,23,25,27). The largest absolute Gasteiger partial charge is 0.573 e. The second kappa shape index (κ2) is 8.12. The number of carbonyl (C=O) groups is 1. The zero-order valence-electron chi connectivity index (χ0n) is 14.5. The Labute approximate surface area is 157 Å². The summed E-state index contributed by atoms with van der Waals surface area (Å²) < 4.78 is 41.2. The number of aryl methyl sites for hydroxylation is 1. The topological polar surface area (TPSA) is 84.1 Å². The molecule has 1 aromatic heterocycles. The minimum absolute atomic E-state index is 0.0386. The van der Waals surface area contributed by atoms with Gasteiger partial charge < -0.3 is 15.0 Å². The molecule has 1 heterocycles. The van der Waals surface area contributed by atoms with E-state index in [0.29, 0.717) is 29.6 Å². The molecule has 1 amide bonds. The van der Waals surface area contributed by atoms with Crippen molar-refractivity contribution in [3.05, 3.63) is 64.7 Å². The van der Waals surface area contributed by atoms with Gasteiger partial charge in [-0.3, -0.25) is 9.59 Å². The third-order valence-electron chi connectivity index (χ3n) is 3.87. The minimum Gasteiger partial charge on any atom is -0.404 e. The zero-order chi connectivity index (χ0) is 20.1. The van der Waals surface area contributed by atoms with E-state index in [1.54, 1.807) is 24.3 Å². The molecular formula is C19H16F3N3O3. The molecule has 0 aliphatic carbocycles. The van der Waals surface area contributed by atoms with Gasteiger partial charge in [0.15, 0.2) is 5.75 Å². The Morgan fingerprint density at radius 1 is 1.11 bits per heavy atom. The van der Waals surface area contributed by atoms with Crippen molar-refractivity contribution < 1.29 is 22.7 Å². The second-order valence-corrected chi connectivity index (χ2v) is 5.98. The highest BCUT2D eigenvalue weighted by Crippen LogP contribution is 2.30. The SMILES string of the molecule is O=C(CCCc1nc2ccccc2c(=O)[nH]1)Nc1ccccc1OC(F)(F)F. The number of rotatable bonds is 6. The van der Waals surface area contributed by atoms with Crippen LogP contribution >= 0.6 is 0 Å². The van der Waals surface area contributed by atoms with Crippen LogP contribution in [0.1, 0.15) is 18.7 Å². The number of benzene rings is 2. The number of para-hydroxylation sites is 3. The molecule has 146 valence electrons. The number of H-pyrrole nitrogens is 1. The third kappa shape index (κ3) is 5.09. The molecule has 0 unspecified atom stereocenters. The van der Waals surface area contributed by atoms with Gasteiger partial charge in [-0.25, -0.2) is 4.98 Å². The molecule has 0 aliphatic rings. The summed E-state index contributed by atoms with van der Waals surface area (Å²) in [7, 11) is 0. The number of nitrogens with zero attached hydrogens (tertiary/aromatic N) is 1. The highest BCUT2D eigenvalue weighted by atomic mass is 19.4. The summed E-state index contributed by atoms with van der Waals surface area (Å²) in [6, 6.07) is 12.2. The summed E-state index contributed by atoms with van der Waals surface area (Å²) in [6.45, 7) is 0. The molecule has 0 saturated carbocycles. The van der Waals surface area contributed by atoms with Crippen molar-refractivity contribution >= 4 is 22.5 Å². The van der Waals surface area contributed by atoms with Gasteiger partial charge in [0.05, 0.1) is 16.6 Å². The number of alkyl halides is 3. The Balaban J connectivity index is 1.59. The fourth-order valence-corrected chi connectivity index (χ4v) is 2.67. The smallest absolute Gasteiger partial charge is 0.404 e. The third-order valence-corrected chi connectivity index (χ3v) is 3.87. The number of aromatic amines is 1. The molecule has 0 saturated heterocycles. The number of aromatic nitrogens is 2. The van der Waals surface area contributed by atoms with Gasteiger partial charge in [0.2, 0.25) is 5.91 Å². The van der Waals surface area contributed by atoms with Gasteiger partial charge in [0.1, 0.15) is 5.82 Å². The Morgan fingerprint density at radius 2 is 1.82 bits per heavy atom. The summed E-state index contributed by atoms with van der Waals surface area (Å²) in [5, 5.41) is 2.88. The molecule has 9 heteroatoms. The van der Waals surface area contributed by atoms with E-state index in [-0.39, 0.29) is 17.7 Å². The zero-order valence-corrected chi connectivity index (χ0v) is 14.5. The lowest BCUT2D eigenvalue weighted by atomic mass is 10.2. The van der Waals surface area contributed by atoms with E-state index in [1.807, 2.05) is 0 Å². The quantitative estimate of drug-likeness (QED) is 0.670. The Kier molecular flexibility index (Phi) is 5.62. The number of halogens is 3. The molecular weight excluding hydrogens is 375 g/mol. The van der Waals surface area contributed by atoms with Crippen molar-refractivity contribution in [1.29, 1.82) is 0 Å². The lowest BCUT2D eigenvalue weighted by Crippen LogP contribution is -2.19. The molecule has 3 aromatic rings. The maximum absolute atomic E-state index is 12.4. The number of ether oxygens (including phenoxy) is 1. The highest BCUT2D eigenvalue weighted by molar-refractivity contribution is 5.92. The Hall–Kier alpha value is -3.36. The molecule has 0 radical (unpaired) electrons. The first-order chi connectivity index (χ1) is 13.3. The molecule has 28 heavy (non-hydrogen) atoms. The van der Waals surface area contributed by atoms with Crippen LogP contribution in [0, 0.1) is 0 Å². The second-order valence-electron chi connectivity index (χ2n) is 5.98. The normalized spacial score (nSPS) is 11.4. The van der Waals surface area contributed by atoms with Crippen molar-refractivity contribution in [2.24, 2.45) is 0 Å². The van der Waals surface area contributed by atoms with Crippen molar-refractivity contribution in [1.82, 2.24) is 9.97 Å². The predicted octanol–water partition coefficient (Wildman–Crippen LogP) is 3.78. The molecule has 0 aliphatic heterocycles. The number of hydrogen-bond donors (Lipinski definition) is 2. The number of hydrogen-bond acceptors (Lipinski definition) is 4. The summed E-state index contributed by atoms with van der Waals surface area (Å²) in [5.41, 5.74) is 0.231. The van der Waals surface area contributed by atoms with Crippen molar-refractivity contribution in [3.8, 4) is 5.75 Å². The van der Waals surface area contributed by atoms with Crippen LogP contribution in [0.4, 0.5) is 18.9 Å². The van der Waals surface area contributed by atoms with Crippen LogP contribution in [0.2, 0.25) is 0 Å². The lowest BCUT2D eigenvalue weighted by molar-refractivity contribution is -0.274. The van der Waals surface area contributed by atoms with E-state index in [9.17, 15) is 22.8 Å². The average Bonchev–Trinajstić information content (AvgIpc) is 2.62. The minimum atomic E-state index is -4.85. The Bertz CT molecular complexity index is 1050. The maximum atomic E-state index is 12.4. The van der Waals surface area contributed by atoms with E-state index in [4.69, 9.17) is 0 Å². The Morgan fingerprint density at radius 3 is 2.61 bits per heavy atom. The molecule has 0 fully saturated rings. The van der Waals surface area contributed by atoms with Gasteiger partial charge in [0.25, 0.3) is 5.56 Å². The number of amides is 1. The van der Waals surface area contributed by atoms with Gasteiger partial charge in [-0.2, -0.15) is 0 Å². The summed E-state index contributed by atoms with van der Waals surface area (Å²) >= 11 is 0. The highest BCUT2D eigenvalue weighted by Gasteiger charge is 2.32. The van der Waals surface area contributed by atoms with Crippen molar-refractivity contribution in [3.63, 3.8) is 0 Å². The maximum Gasteiger partial charge on any atom is 0.573 e. The van der Waals surface area contributed by atoms with Crippen molar-refractivity contribution in [2.75, 3.05) is 5.32 Å². The van der Waals surface area contributed by atoms with Gasteiger partial charge in [-0.1, -0.05) is 24.3 Å². The molecule has 0 bridgehead atoms. The van der Waals surface area contributed by atoms with Gasteiger partial charge in [-0.05, 0) is 30.7 Å². The van der Waals surface area contributed by atoms with Crippen molar-refractivity contribution in [2.45, 2.75) is 25.6 Å². The van der Waals surface area contributed by atoms with E-state index < -0.39 is 18.0 Å². The van der Waals surface area contributed by atoms with E-state index >= 15 is 0 Å². The lowest BCUT2D eigenvalue weighted by Gasteiger charge is -2.13. The fourth-order valence-electron chi connectivity index (χ4n) is 2.67. The molecule has 2 aromatic carbocycles. The molecule has 3 rings (SSSR count). The first-order valence-corrected chi connectivity index (χ1v) is 8.44. The first kappa shape index (κ1) is 19.4. The average molecular weight is 391 g/mol. The molecule has 0 atom stereocenters. The number of carbonyl (C=O) groups excluding carboxylic acids is 1. The van der Waals surface area contributed by atoms with Gasteiger partial charge in [-0.15, -0.1) is 13.2 Å². The van der Waals surface area contributed by atoms with Crippen LogP contribution in [0.5, 0.6) is 5.75 Å². The van der Waals surface area contributed by atoms with Gasteiger partial charge in [0, 0.05) is 12.8 Å². The van der Waals surface area contributed by atoms with Crippen LogP contribution in [0.15, 0.2) is 53.3 Å². The molecule has 6 nitrogen and oxygen atoms in total. The summed E-state index contributed by atoms with van der Waals surface area (Å²) in [4.78, 5) is 31.1. The van der Waals surface area contributed by atoms with Crippen LogP contribution in [-0.4, -0.2) is 22.2 Å². The number of fused-ring (bicyclic) bond motifs is 1. The monoisotopic (exact) mass is 391 g/mol. The molecule has 2 N–H and O–H groups in total. The molecule has 0 spiro atoms. The van der Waals surface area contributed by atoms with Crippen LogP contribution in [-0.2, 0) is 11.2 Å². The van der Waals surface area contributed by atoms with Gasteiger partial charge >= 0.3 is 6.36 Å².